The van der Waals surface area contributed by atoms with Gasteiger partial charge in [-0.1, -0.05) is 32.9 Å². The van der Waals surface area contributed by atoms with Crippen LogP contribution in [0.2, 0.25) is 0 Å². The molecule has 128 valence electrons. The third-order valence-corrected chi connectivity index (χ3v) is 4.61. The Bertz CT molecular complexity index is 712. The van der Waals surface area contributed by atoms with E-state index in [9.17, 15) is 4.79 Å². The van der Waals surface area contributed by atoms with Gasteiger partial charge in [0.1, 0.15) is 0 Å². The summed E-state index contributed by atoms with van der Waals surface area (Å²) in [6, 6.07) is 8.20. The van der Waals surface area contributed by atoms with Crippen molar-refractivity contribution in [1.82, 2.24) is 14.7 Å². The molecule has 0 spiro atoms. The van der Waals surface area contributed by atoms with E-state index in [0.29, 0.717) is 11.6 Å². The van der Waals surface area contributed by atoms with Crippen LogP contribution in [0.15, 0.2) is 36.7 Å². The van der Waals surface area contributed by atoms with Crippen molar-refractivity contribution in [2.75, 3.05) is 25.5 Å². The average molecular weight is 326 g/mol. The van der Waals surface area contributed by atoms with Crippen LogP contribution in [-0.2, 0) is 5.41 Å². The van der Waals surface area contributed by atoms with Crippen LogP contribution in [0, 0.1) is 0 Å². The molecule has 2 aromatic rings. The number of benzene rings is 1. The quantitative estimate of drug-likeness (QED) is 0.941. The third-order valence-electron chi connectivity index (χ3n) is 4.61. The second-order valence-electron chi connectivity index (χ2n) is 7.70. The van der Waals surface area contributed by atoms with E-state index in [4.69, 9.17) is 0 Å². The normalized spacial score (nSPS) is 18.8. The molecule has 0 bridgehead atoms. The summed E-state index contributed by atoms with van der Waals surface area (Å²) in [5, 5.41) is 7.34. The van der Waals surface area contributed by atoms with Gasteiger partial charge in [-0.2, -0.15) is 5.10 Å². The summed E-state index contributed by atoms with van der Waals surface area (Å²) in [4.78, 5) is 14.7. The highest BCUT2D eigenvalue weighted by Gasteiger charge is 2.22. The highest BCUT2D eigenvalue weighted by Crippen LogP contribution is 2.23. The van der Waals surface area contributed by atoms with Gasteiger partial charge in [0, 0.05) is 18.3 Å². The second-order valence-corrected chi connectivity index (χ2v) is 7.70. The van der Waals surface area contributed by atoms with Crippen molar-refractivity contribution in [1.29, 1.82) is 0 Å². The number of carbonyl (C=O) groups excluding carboxylic acids is 1. The van der Waals surface area contributed by atoms with Crippen LogP contribution in [0.1, 0.15) is 49.2 Å². The summed E-state index contributed by atoms with van der Waals surface area (Å²) in [5.41, 5.74) is 2.72. The largest absolute Gasteiger partial charge is 0.319 e. The molecule has 1 fully saturated rings. The molecule has 1 aliphatic rings. The monoisotopic (exact) mass is 326 g/mol. The van der Waals surface area contributed by atoms with Crippen LogP contribution in [0.4, 0.5) is 5.69 Å². The molecule has 1 aromatic heterocycles. The van der Waals surface area contributed by atoms with Gasteiger partial charge in [0.15, 0.2) is 0 Å². The Morgan fingerprint density at radius 1 is 1.25 bits per heavy atom. The van der Waals surface area contributed by atoms with Crippen molar-refractivity contribution in [3.05, 3.63) is 47.8 Å². The van der Waals surface area contributed by atoms with Gasteiger partial charge in [0.05, 0.1) is 17.9 Å². The first-order valence-electron chi connectivity index (χ1n) is 8.47. The van der Waals surface area contributed by atoms with Crippen molar-refractivity contribution < 1.29 is 4.79 Å². The Labute approximate surface area is 143 Å². The first kappa shape index (κ1) is 16.7. The van der Waals surface area contributed by atoms with E-state index in [-0.39, 0.29) is 11.3 Å². The Morgan fingerprint density at radius 3 is 2.54 bits per heavy atom. The zero-order chi connectivity index (χ0) is 17.3. The maximum Gasteiger partial charge on any atom is 0.255 e. The molecule has 1 amide bonds. The molecule has 0 radical (unpaired) electrons. The zero-order valence-electron chi connectivity index (χ0n) is 14.9. The molecule has 3 rings (SSSR count). The van der Waals surface area contributed by atoms with E-state index in [1.807, 2.05) is 35.1 Å². The molecule has 5 heteroatoms. The minimum atomic E-state index is -0.0986. The topological polar surface area (TPSA) is 50.2 Å². The van der Waals surface area contributed by atoms with E-state index in [0.717, 1.165) is 25.2 Å². The van der Waals surface area contributed by atoms with Crippen LogP contribution >= 0.6 is 0 Å². The predicted molar refractivity (Wildman–Crippen MR) is 96.5 cm³/mol. The first-order chi connectivity index (χ1) is 11.3. The van der Waals surface area contributed by atoms with E-state index < -0.39 is 0 Å². The van der Waals surface area contributed by atoms with E-state index in [2.05, 4.69) is 43.1 Å². The third kappa shape index (κ3) is 3.67. The maximum atomic E-state index is 12.4. The van der Waals surface area contributed by atoms with E-state index in [1.54, 1.807) is 6.20 Å². The number of amides is 1. The fraction of sp³-hybridized carbons (Fsp3) is 0.474. The molecule has 1 N–H and O–H groups in total. The van der Waals surface area contributed by atoms with Crippen molar-refractivity contribution in [3.8, 4) is 0 Å². The SMILES string of the molecule is CN1CCC(n2cc(NC(=O)c3ccc(C(C)(C)C)cc3)cn2)C1. The smallest absolute Gasteiger partial charge is 0.255 e. The van der Waals surface area contributed by atoms with Crippen LogP contribution < -0.4 is 5.32 Å². The van der Waals surface area contributed by atoms with Crippen molar-refractivity contribution in [2.24, 2.45) is 0 Å². The van der Waals surface area contributed by atoms with E-state index in [1.165, 1.54) is 5.56 Å². The first-order valence-corrected chi connectivity index (χ1v) is 8.47. The molecule has 2 heterocycles. The van der Waals surface area contributed by atoms with Gasteiger partial charge in [-0.15, -0.1) is 0 Å². The average Bonchev–Trinajstić information content (AvgIpc) is 3.15. The van der Waals surface area contributed by atoms with Gasteiger partial charge in [-0.05, 0) is 43.1 Å². The van der Waals surface area contributed by atoms with Crippen LogP contribution in [-0.4, -0.2) is 40.7 Å². The fourth-order valence-electron chi connectivity index (χ4n) is 3.05. The summed E-state index contributed by atoms with van der Waals surface area (Å²) in [6.07, 6.45) is 4.74. The van der Waals surface area contributed by atoms with Crippen molar-refractivity contribution in [3.63, 3.8) is 0 Å². The number of rotatable bonds is 3. The van der Waals surface area contributed by atoms with Crippen LogP contribution in [0.5, 0.6) is 0 Å². The zero-order valence-corrected chi connectivity index (χ0v) is 14.9. The minimum Gasteiger partial charge on any atom is -0.319 e. The molecule has 1 atom stereocenters. The summed E-state index contributed by atoms with van der Waals surface area (Å²) < 4.78 is 1.96. The number of aromatic nitrogens is 2. The molecule has 1 unspecified atom stereocenters. The Kier molecular flexibility index (Phi) is 4.45. The molecule has 1 aliphatic heterocycles. The summed E-state index contributed by atoms with van der Waals surface area (Å²) in [6.45, 7) is 8.58. The fourth-order valence-corrected chi connectivity index (χ4v) is 3.05. The lowest BCUT2D eigenvalue weighted by atomic mass is 9.87. The molecule has 0 aliphatic carbocycles. The standard InChI is InChI=1S/C19H26N4O/c1-19(2,3)15-7-5-14(6-8-15)18(24)21-16-11-20-23(12-16)17-9-10-22(4)13-17/h5-8,11-12,17H,9-10,13H2,1-4H3,(H,21,24). The van der Waals surface area contributed by atoms with Crippen LogP contribution in [0.3, 0.4) is 0 Å². The number of likely N-dealkylation sites (N-methyl/N-ethyl adjacent to an activating group) is 1. The summed E-state index contributed by atoms with van der Waals surface area (Å²) in [7, 11) is 2.12. The number of hydrogen-bond acceptors (Lipinski definition) is 3. The van der Waals surface area contributed by atoms with Gasteiger partial charge in [-0.25, -0.2) is 0 Å². The molecular formula is C19H26N4O. The Hall–Kier alpha value is -2.14. The molecule has 1 aromatic carbocycles. The maximum absolute atomic E-state index is 12.4. The summed E-state index contributed by atoms with van der Waals surface area (Å²) >= 11 is 0. The molecule has 5 nitrogen and oxygen atoms in total. The van der Waals surface area contributed by atoms with Crippen LogP contribution in [0.25, 0.3) is 0 Å². The van der Waals surface area contributed by atoms with Gasteiger partial charge in [0.2, 0.25) is 0 Å². The number of anilines is 1. The van der Waals surface area contributed by atoms with Gasteiger partial charge in [-0.3, -0.25) is 9.48 Å². The van der Waals surface area contributed by atoms with Gasteiger partial charge in [0.25, 0.3) is 5.91 Å². The van der Waals surface area contributed by atoms with Crippen molar-refractivity contribution in [2.45, 2.75) is 38.6 Å². The number of nitrogens with one attached hydrogen (secondary N) is 1. The lowest BCUT2D eigenvalue weighted by Gasteiger charge is -2.19. The minimum absolute atomic E-state index is 0.0879. The molecule has 0 saturated carbocycles. The highest BCUT2D eigenvalue weighted by atomic mass is 16.1. The number of carbonyl (C=O) groups is 1. The Balaban J connectivity index is 1.66. The molecular weight excluding hydrogens is 300 g/mol. The lowest BCUT2D eigenvalue weighted by Crippen LogP contribution is -2.16. The van der Waals surface area contributed by atoms with Crippen molar-refractivity contribution >= 4 is 11.6 Å². The second kappa shape index (κ2) is 6.40. The van der Waals surface area contributed by atoms with Gasteiger partial charge >= 0.3 is 0 Å². The summed E-state index contributed by atoms with van der Waals surface area (Å²) in [5.74, 6) is -0.0986. The van der Waals surface area contributed by atoms with Gasteiger partial charge < -0.3 is 10.2 Å². The number of nitrogens with zero attached hydrogens (tertiary/aromatic N) is 3. The van der Waals surface area contributed by atoms with E-state index >= 15 is 0 Å². The number of likely N-dealkylation sites (tertiary alicyclic amines) is 1. The highest BCUT2D eigenvalue weighted by molar-refractivity contribution is 6.04. The Morgan fingerprint density at radius 2 is 1.96 bits per heavy atom. The number of hydrogen-bond donors (Lipinski definition) is 1. The lowest BCUT2D eigenvalue weighted by molar-refractivity contribution is 0.102. The predicted octanol–water partition coefficient (Wildman–Crippen LogP) is 3.31. The molecule has 24 heavy (non-hydrogen) atoms. The molecule has 1 saturated heterocycles.